The second-order valence-electron chi connectivity index (χ2n) is 9.66. The number of azo groups is 2. The maximum absolute atomic E-state index is 14.1. The molecule has 0 amide bonds. The van der Waals surface area contributed by atoms with Crippen molar-refractivity contribution >= 4 is 11.8 Å². The van der Waals surface area contributed by atoms with Crippen LogP contribution in [-0.2, 0) is 11.1 Å². The first-order valence-electron chi connectivity index (χ1n) is 12.5. The zero-order valence-electron chi connectivity index (χ0n) is 21.8. The molecule has 39 heavy (non-hydrogen) atoms. The number of halogens is 6. The molecule has 0 radical (unpaired) electrons. The highest BCUT2D eigenvalue weighted by atomic mass is 32.2. The number of thioether (sulfide) groups is 1. The van der Waals surface area contributed by atoms with Gasteiger partial charge in [-0.25, -0.2) is 0 Å². The zero-order valence-corrected chi connectivity index (χ0v) is 22.6. The number of rotatable bonds is 8. The number of hydrogen-bond acceptors (Lipinski definition) is 5. The molecule has 4 unspecified atom stereocenters. The van der Waals surface area contributed by atoms with Gasteiger partial charge < -0.3 is 0 Å². The summed E-state index contributed by atoms with van der Waals surface area (Å²) >= 11 is 1.53. The Bertz CT molecular complexity index is 1220. The minimum Gasteiger partial charge on any atom is -0.168 e. The normalized spacial score (nSPS) is 24.1. The van der Waals surface area contributed by atoms with Gasteiger partial charge >= 0.3 is 12.4 Å². The van der Waals surface area contributed by atoms with Gasteiger partial charge in [0.1, 0.15) is 0 Å². The molecule has 0 saturated carbocycles. The number of alkyl halides is 6. The molecule has 2 aliphatic rings. The maximum Gasteiger partial charge on any atom is 0.423 e. The van der Waals surface area contributed by atoms with Crippen LogP contribution in [0.4, 0.5) is 26.3 Å². The topological polar surface area (TPSA) is 49.4 Å². The molecule has 0 aromatic heterocycles. The third-order valence-electron chi connectivity index (χ3n) is 7.26. The second-order valence-corrected chi connectivity index (χ2v) is 11.1. The van der Waals surface area contributed by atoms with E-state index in [9.17, 15) is 26.3 Å². The Balaban J connectivity index is 1.72. The Hall–Kier alpha value is -2.95. The van der Waals surface area contributed by atoms with Crippen LogP contribution >= 0.6 is 11.8 Å². The molecule has 0 bridgehead atoms. The Kier molecular flexibility index (Phi) is 7.86. The van der Waals surface area contributed by atoms with Gasteiger partial charge in [0.05, 0.1) is 0 Å². The van der Waals surface area contributed by atoms with E-state index in [-0.39, 0.29) is 21.6 Å². The van der Waals surface area contributed by atoms with E-state index in [4.69, 9.17) is 0 Å². The largest absolute Gasteiger partial charge is 0.423 e. The summed E-state index contributed by atoms with van der Waals surface area (Å²) in [6.07, 6.45) is -4.14. The van der Waals surface area contributed by atoms with Crippen LogP contribution in [-0.4, -0.2) is 12.4 Å². The molecule has 0 spiro atoms. The Morgan fingerprint density at radius 3 is 1.36 bits per heavy atom. The molecule has 4 rings (SSSR count). The molecule has 2 aromatic rings. The van der Waals surface area contributed by atoms with E-state index in [0.29, 0.717) is 12.8 Å². The van der Waals surface area contributed by atoms with E-state index < -0.39 is 23.4 Å². The molecule has 4 atom stereocenters. The fourth-order valence-electron chi connectivity index (χ4n) is 4.96. The van der Waals surface area contributed by atoms with Crippen molar-refractivity contribution in [3.05, 3.63) is 94.3 Å². The first-order valence-corrected chi connectivity index (χ1v) is 13.4. The number of benzene rings is 2. The monoisotopic (exact) mass is 566 g/mol. The minimum absolute atomic E-state index is 0.0242. The van der Waals surface area contributed by atoms with Crippen molar-refractivity contribution in [2.75, 3.05) is 0 Å². The van der Waals surface area contributed by atoms with E-state index >= 15 is 0 Å². The SMILES string of the molecule is CCC(SC(CC)c1cc(C2(C(F)(F)F)C=CN=N2)ccc1C)c1cc(C2(C(F)(F)F)C=CN=N2)ccc1C. The summed E-state index contributed by atoms with van der Waals surface area (Å²) in [7, 11) is 0. The summed E-state index contributed by atoms with van der Waals surface area (Å²) in [5.41, 5.74) is -2.03. The van der Waals surface area contributed by atoms with E-state index in [1.807, 2.05) is 27.7 Å². The fraction of sp³-hybridized carbons (Fsp3) is 0.429. The lowest BCUT2D eigenvalue weighted by Crippen LogP contribution is -2.37. The molecule has 0 fully saturated rings. The molecular weight excluding hydrogens is 538 g/mol. The highest BCUT2D eigenvalue weighted by molar-refractivity contribution is 7.99. The molecule has 0 N–H and O–H groups in total. The van der Waals surface area contributed by atoms with Crippen molar-refractivity contribution in [2.45, 2.75) is 74.5 Å². The van der Waals surface area contributed by atoms with E-state index in [0.717, 1.165) is 46.8 Å². The minimum atomic E-state index is -4.67. The molecule has 4 nitrogen and oxygen atoms in total. The smallest absolute Gasteiger partial charge is 0.168 e. The molecule has 0 saturated heterocycles. The van der Waals surface area contributed by atoms with Gasteiger partial charge in [-0.2, -0.15) is 46.8 Å². The summed E-state index contributed by atoms with van der Waals surface area (Å²) < 4.78 is 84.7. The van der Waals surface area contributed by atoms with Crippen molar-refractivity contribution in [1.29, 1.82) is 0 Å². The molecule has 208 valence electrons. The van der Waals surface area contributed by atoms with E-state index in [1.165, 1.54) is 36.0 Å². The first kappa shape index (κ1) is 29.0. The van der Waals surface area contributed by atoms with Gasteiger partial charge in [0.2, 0.25) is 11.1 Å². The van der Waals surface area contributed by atoms with Gasteiger partial charge in [-0.1, -0.05) is 50.2 Å². The number of hydrogen-bond donors (Lipinski definition) is 0. The fourth-order valence-corrected chi connectivity index (χ4v) is 6.54. The summed E-state index contributed by atoms with van der Waals surface area (Å²) in [6, 6.07) is 9.22. The molecule has 0 aliphatic carbocycles. The Labute approximate surface area is 227 Å². The van der Waals surface area contributed by atoms with Crippen LogP contribution in [0.2, 0.25) is 0 Å². The first-order chi connectivity index (χ1) is 18.3. The summed E-state index contributed by atoms with van der Waals surface area (Å²) in [6.45, 7) is 7.56. The van der Waals surface area contributed by atoms with E-state index in [1.54, 1.807) is 12.1 Å². The predicted octanol–water partition coefficient (Wildman–Crippen LogP) is 10.1. The van der Waals surface area contributed by atoms with Crippen LogP contribution in [0.15, 0.2) is 81.4 Å². The molecule has 2 aliphatic heterocycles. The standard InChI is InChI=1S/C28H28F6N4S/c1-5-23(21-15-19(9-7-17(21)3)25(27(29,30)31)11-13-35-37-25)39-24(6-2)22-16-20(10-8-18(22)4)26(28(32,33)34)12-14-36-38-26/h7-16,23-24H,5-6H2,1-4H3. The van der Waals surface area contributed by atoms with Crippen molar-refractivity contribution in [3.8, 4) is 0 Å². The lowest BCUT2D eigenvalue weighted by molar-refractivity contribution is -0.174. The maximum atomic E-state index is 14.1. The number of nitrogens with zero attached hydrogens (tertiary/aromatic N) is 4. The van der Waals surface area contributed by atoms with Gasteiger partial charge in [0.25, 0.3) is 0 Å². The van der Waals surface area contributed by atoms with Gasteiger partial charge in [0, 0.05) is 22.9 Å². The molecule has 11 heteroatoms. The van der Waals surface area contributed by atoms with Crippen molar-refractivity contribution in [3.63, 3.8) is 0 Å². The predicted molar refractivity (Wildman–Crippen MR) is 139 cm³/mol. The summed E-state index contributed by atoms with van der Waals surface area (Å²) in [5, 5.41) is 13.6. The zero-order chi connectivity index (χ0) is 28.6. The molecule has 2 heterocycles. The second kappa shape index (κ2) is 10.6. The van der Waals surface area contributed by atoms with E-state index in [2.05, 4.69) is 20.5 Å². The van der Waals surface area contributed by atoms with Gasteiger partial charge in [0.15, 0.2) is 0 Å². The summed E-state index contributed by atoms with van der Waals surface area (Å²) in [4.78, 5) is 0. The Morgan fingerprint density at radius 2 is 1.08 bits per heavy atom. The summed E-state index contributed by atoms with van der Waals surface area (Å²) in [5.74, 6) is 0. The quantitative estimate of drug-likeness (QED) is 0.293. The lowest BCUT2D eigenvalue weighted by Gasteiger charge is -2.30. The van der Waals surface area contributed by atoms with Crippen molar-refractivity contribution in [2.24, 2.45) is 20.5 Å². The number of aryl methyl sites for hydroxylation is 2. The lowest BCUT2D eigenvalue weighted by atomic mass is 9.87. The van der Waals surface area contributed by atoms with Gasteiger partial charge in [-0.15, -0.1) is 11.8 Å². The van der Waals surface area contributed by atoms with Gasteiger partial charge in [-0.3, -0.25) is 0 Å². The van der Waals surface area contributed by atoms with Crippen LogP contribution in [0.1, 0.15) is 70.6 Å². The van der Waals surface area contributed by atoms with Crippen LogP contribution < -0.4 is 0 Å². The van der Waals surface area contributed by atoms with Crippen LogP contribution in [0.3, 0.4) is 0 Å². The highest BCUT2D eigenvalue weighted by Gasteiger charge is 2.57. The average molecular weight is 567 g/mol. The van der Waals surface area contributed by atoms with Gasteiger partial charge in [-0.05, 0) is 72.2 Å². The van der Waals surface area contributed by atoms with Crippen LogP contribution in [0, 0.1) is 13.8 Å². The van der Waals surface area contributed by atoms with Crippen LogP contribution in [0.5, 0.6) is 0 Å². The third-order valence-corrected chi connectivity index (χ3v) is 9.09. The molecular formula is C28H28F6N4S. The van der Waals surface area contributed by atoms with Crippen LogP contribution in [0.25, 0.3) is 0 Å². The highest BCUT2D eigenvalue weighted by Crippen LogP contribution is 2.51. The van der Waals surface area contributed by atoms with Crippen molar-refractivity contribution < 1.29 is 26.3 Å². The van der Waals surface area contributed by atoms with Crippen molar-refractivity contribution in [1.82, 2.24) is 0 Å². The third kappa shape index (κ3) is 5.05. The Morgan fingerprint density at radius 1 is 0.692 bits per heavy atom. The average Bonchev–Trinajstić information content (AvgIpc) is 3.57. The molecule has 2 aromatic carbocycles.